The van der Waals surface area contributed by atoms with E-state index in [0.29, 0.717) is 26.1 Å². The Labute approximate surface area is 140 Å². The van der Waals surface area contributed by atoms with Crippen LogP contribution in [-0.4, -0.2) is 23.9 Å². The minimum atomic E-state index is -0.439. The highest BCUT2D eigenvalue weighted by atomic mass is 16.6. The lowest BCUT2D eigenvalue weighted by Crippen LogP contribution is -2.22. The van der Waals surface area contributed by atoms with E-state index in [4.69, 9.17) is 9.47 Å². The molecule has 0 amide bonds. The normalized spacial score (nSPS) is 11.7. The van der Waals surface area contributed by atoms with E-state index in [-0.39, 0.29) is 11.8 Å². The molecule has 0 saturated carbocycles. The van der Waals surface area contributed by atoms with Crippen molar-refractivity contribution in [3.63, 3.8) is 0 Å². The molecule has 1 unspecified atom stereocenters. The first kappa shape index (κ1) is 17.6. The number of nitrogens with zero attached hydrogens (tertiary/aromatic N) is 1. The van der Waals surface area contributed by atoms with Gasteiger partial charge in [-0.2, -0.15) is 0 Å². The smallest absolute Gasteiger partial charge is 0.269 e. The number of aldehydes is 1. The molecule has 0 heterocycles. The van der Waals surface area contributed by atoms with Gasteiger partial charge in [0, 0.05) is 18.6 Å². The molecule has 0 aliphatic heterocycles. The Morgan fingerprint density at radius 3 is 2.42 bits per heavy atom. The Balaban J connectivity index is 1.87. The van der Waals surface area contributed by atoms with Gasteiger partial charge in [0.15, 0.2) is 0 Å². The lowest BCUT2D eigenvalue weighted by atomic mass is 10.2. The van der Waals surface area contributed by atoms with Crippen molar-refractivity contribution in [1.82, 2.24) is 0 Å². The fourth-order valence-electron chi connectivity index (χ4n) is 2.10. The van der Waals surface area contributed by atoms with Crippen LogP contribution in [0.2, 0.25) is 0 Å². The predicted octanol–water partition coefficient (Wildman–Crippen LogP) is 3.54. The Morgan fingerprint density at radius 1 is 1.08 bits per heavy atom. The molecule has 126 valence electrons. The van der Waals surface area contributed by atoms with E-state index >= 15 is 0 Å². The van der Waals surface area contributed by atoms with E-state index in [9.17, 15) is 14.9 Å². The van der Waals surface area contributed by atoms with E-state index in [1.807, 2.05) is 30.3 Å². The topological polar surface area (TPSA) is 78.7 Å². The number of hydrogen-bond acceptors (Lipinski definition) is 5. The molecule has 2 rings (SSSR count). The van der Waals surface area contributed by atoms with Gasteiger partial charge in [0.25, 0.3) is 5.69 Å². The maximum absolute atomic E-state index is 10.6. The zero-order valence-corrected chi connectivity index (χ0v) is 13.2. The van der Waals surface area contributed by atoms with Crippen molar-refractivity contribution in [2.24, 2.45) is 0 Å². The SMILES string of the molecule is O=CCCC(COc1ccccc1)OCc1ccc([N+](=O)[O-])cc1. The molecular formula is C18H19NO5. The first-order valence-electron chi connectivity index (χ1n) is 7.65. The third kappa shape index (κ3) is 5.81. The van der Waals surface area contributed by atoms with Gasteiger partial charge in [0.1, 0.15) is 18.6 Å². The summed E-state index contributed by atoms with van der Waals surface area (Å²) >= 11 is 0. The fraction of sp³-hybridized carbons (Fsp3) is 0.278. The molecule has 0 aromatic heterocycles. The molecule has 0 radical (unpaired) electrons. The molecule has 0 bridgehead atoms. The number of carbonyl (C=O) groups excluding carboxylic acids is 1. The van der Waals surface area contributed by atoms with Gasteiger partial charge in [-0.3, -0.25) is 10.1 Å². The van der Waals surface area contributed by atoms with Crippen LogP contribution in [0.5, 0.6) is 5.75 Å². The van der Waals surface area contributed by atoms with Crippen LogP contribution < -0.4 is 4.74 Å². The molecule has 2 aromatic rings. The standard InChI is InChI=1S/C18H19NO5/c20-12-4-7-18(14-24-17-5-2-1-3-6-17)23-13-15-8-10-16(11-9-15)19(21)22/h1-3,5-6,8-12,18H,4,7,13-14H2. The second-order valence-corrected chi connectivity index (χ2v) is 5.22. The van der Waals surface area contributed by atoms with Gasteiger partial charge in [0.2, 0.25) is 0 Å². The fourth-order valence-corrected chi connectivity index (χ4v) is 2.10. The number of hydrogen-bond donors (Lipinski definition) is 0. The summed E-state index contributed by atoms with van der Waals surface area (Å²) < 4.78 is 11.5. The van der Waals surface area contributed by atoms with Crippen LogP contribution in [0.1, 0.15) is 18.4 Å². The third-order valence-corrected chi connectivity index (χ3v) is 3.42. The molecule has 0 spiro atoms. The van der Waals surface area contributed by atoms with Crippen molar-refractivity contribution < 1.29 is 19.2 Å². The van der Waals surface area contributed by atoms with Crippen molar-refractivity contribution in [2.45, 2.75) is 25.6 Å². The summed E-state index contributed by atoms with van der Waals surface area (Å²) in [5, 5.41) is 10.6. The van der Waals surface area contributed by atoms with Gasteiger partial charge in [-0.15, -0.1) is 0 Å². The van der Waals surface area contributed by atoms with Gasteiger partial charge in [-0.25, -0.2) is 0 Å². The molecular weight excluding hydrogens is 310 g/mol. The number of nitro groups is 1. The van der Waals surface area contributed by atoms with Crippen molar-refractivity contribution in [2.75, 3.05) is 6.61 Å². The van der Waals surface area contributed by atoms with Gasteiger partial charge in [-0.05, 0) is 36.2 Å². The quantitative estimate of drug-likeness (QED) is 0.378. The number of carbonyl (C=O) groups is 1. The second-order valence-electron chi connectivity index (χ2n) is 5.22. The third-order valence-electron chi connectivity index (χ3n) is 3.42. The molecule has 6 nitrogen and oxygen atoms in total. The highest BCUT2D eigenvalue weighted by Gasteiger charge is 2.11. The number of nitro benzene ring substituents is 1. The van der Waals surface area contributed by atoms with Crippen LogP contribution in [0.4, 0.5) is 5.69 Å². The minimum absolute atomic E-state index is 0.0451. The second kappa shape index (κ2) is 9.42. The molecule has 1 atom stereocenters. The summed E-state index contributed by atoms with van der Waals surface area (Å²) in [6.45, 7) is 0.643. The van der Waals surface area contributed by atoms with Crippen LogP contribution in [0, 0.1) is 10.1 Å². The average Bonchev–Trinajstić information content (AvgIpc) is 2.62. The van der Waals surface area contributed by atoms with Crippen LogP contribution in [0.15, 0.2) is 54.6 Å². The summed E-state index contributed by atoms with van der Waals surface area (Å²) in [5.74, 6) is 0.743. The van der Waals surface area contributed by atoms with E-state index < -0.39 is 4.92 Å². The van der Waals surface area contributed by atoms with Gasteiger partial charge in [-0.1, -0.05) is 18.2 Å². The van der Waals surface area contributed by atoms with E-state index in [0.717, 1.165) is 17.6 Å². The molecule has 24 heavy (non-hydrogen) atoms. The molecule has 0 saturated heterocycles. The lowest BCUT2D eigenvalue weighted by molar-refractivity contribution is -0.384. The van der Waals surface area contributed by atoms with E-state index in [1.54, 1.807) is 12.1 Å². The van der Waals surface area contributed by atoms with Crippen molar-refractivity contribution in [1.29, 1.82) is 0 Å². The zero-order chi connectivity index (χ0) is 17.2. The summed E-state index contributed by atoms with van der Waals surface area (Å²) in [6, 6.07) is 15.6. The number of rotatable bonds is 10. The minimum Gasteiger partial charge on any atom is -0.491 e. The monoisotopic (exact) mass is 329 g/mol. The van der Waals surface area contributed by atoms with Gasteiger partial charge < -0.3 is 14.3 Å². The zero-order valence-electron chi connectivity index (χ0n) is 13.2. The average molecular weight is 329 g/mol. The summed E-state index contributed by atoms with van der Waals surface area (Å²) in [5.41, 5.74) is 0.875. The van der Waals surface area contributed by atoms with Crippen LogP contribution in [0.25, 0.3) is 0 Å². The van der Waals surface area contributed by atoms with Crippen molar-refractivity contribution in [3.05, 3.63) is 70.3 Å². The molecule has 0 aliphatic rings. The highest BCUT2D eigenvalue weighted by Crippen LogP contribution is 2.15. The summed E-state index contributed by atoms with van der Waals surface area (Å²) in [4.78, 5) is 20.8. The Kier molecular flexibility index (Phi) is 6.91. The number of ether oxygens (including phenoxy) is 2. The Hall–Kier alpha value is -2.73. The largest absolute Gasteiger partial charge is 0.491 e. The van der Waals surface area contributed by atoms with Gasteiger partial charge >= 0.3 is 0 Å². The van der Waals surface area contributed by atoms with E-state index in [2.05, 4.69) is 0 Å². The molecule has 0 fully saturated rings. The number of benzene rings is 2. The van der Waals surface area contributed by atoms with Crippen molar-refractivity contribution in [3.8, 4) is 5.75 Å². The molecule has 2 aromatic carbocycles. The first-order valence-corrected chi connectivity index (χ1v) is 7.65. The Bertz CT molecular complexity index is 642. The lowest BCUT2D eigenvalue weighted by Gasteiger charge is -2.18. The number of para-hydroxylation sites is 1. The van der Waals surface area contributed by atoms with Crippen LogP contribution >= 0.6 is 0 Å². The van der Waals surface area contributed by atoms with Crippen molar-refractivity contribution >= 4 is 12.0 Å². The first-order chi connectivity index (χ1) is 11.7. The van der Waals surface area contributed by atoms with Crippen LogP contribution in [-0.2, 0) is 16.1 Å². The molecule has 6 heteroatoms. The summed E-state index contributed by atoms with van der Waals surface area (Å²) in [7, 11) is 0. The Morgan fingerprint density at radius 2 is 1.79 bits per heavy atom. The number of non-ortho nitro benzene ring substituents is 1. The molecule has 0 aliphatic carbocycles. The van der Waals surface area contributed by atoms with Crippen LogP contribution in [0.3, 0.4) is 0 Å². The summed E-state index contributed by atoms with van der Waals surface area (Å²) in [6.07, 6.45) is 1.57. The highest BCUT2D eigenvalue weighted by molar-refractivity contribution is 5.49. The maximum atomic E-state index is 10.6. The molecule has 0 N–H and O–H groups in total. The van der Waals surface area contributed by atoms with Gasteiger partial charge in [0.05, 0.1) is 17.6 Å². The predicted molar refractivity (Wildman–Crippen MR) is 88.9 cm³/mol. The van der Waals surface area contributed by atoms with E-state index in [1.165, 1.54) is 12.1 Å². The maximum Gasteiger partial charge on any atom is 0.269 e.